The summed E-state index contributed by atoms with van der Waals surface area (Å²) in [5, 5.41) is 0. The van der Waals surface area contributed by atoms with Crippen LogP contribution < -0.4 is 14.4 Å². The zero-order chi connectivity index (χ0) is 29.1. The van der Waals surface area contributed by atoms with Gasteiger partial charge in [0.15, 0.2) is 12.4 Å². The van der Waals surface area contributed by atoms with Gasteiger partial charge in [-0.25, -0.2) is 14.5 Å². The zero-order valence-electron chi connectivity index (χ0n) is 22.5. The minimum absolute atomic E-state index is 0.0186. The topological polar surface area (TPSA) is 116 Å². The Morgan fingerprint density at radius 3 is 2.32 bits per heavy atom. The van der Waals surface area contributed by atoms with Crippen LogP contribution in [0.15, 0.2) is 84.4 Å². The van der Waals surface area contributed by atoms with Crippen LogP contribution in [-0.2, 0) is 14.3 Å². The number of amides is 2. The first-order valence-corrected chi connectivity index (χ1v) is 13.1. The van der Waals surface area contributed by atoms with E-state index >= 15 is 0 Å². The number of ether oxygens (including phenoxy) is 3. The Morgan fingerprint density at radius 2 is 1.56 bits per heavy atom. The molecule has 1 aliphatic carbocycles. The van der Waals surface area contributed by atoms with Crippen molar-refractivity contribution in [2.75, 3.05) is 18.6 Å². The third-order valence-corrected chi connectivity index (χ3v) is 7.21. The Bertz CT molecular complexity index is 1570. The number of hydrogen-bond donors (Lipinski definition) is 0. The van der Waals surface area contributed by atoms with Gasteiger partial charge in [-0.15, -0.1) is 0 Å². The molecule has 0 radical (unpaired) electrons. The SMILES string of the molecule is COc1cccc(C(=O)Oc2ccc(C(=O)COC(=O)c3ccccc3N3C(=O)C4CC=C(C)CC4C3=O)cc2)c1. The van der Waals surface area contributed by atoms with Gasteiger partial charge in [0.2, 0.25) is 11.8 Å². The van der Waals surface area contributed by atoms with Gasteiger partial charge < -0.3 is 14.2 Å². The number of carbonyl (C=O) groups is 5. The van der Waals surface area contributed by atoms with Crippen molar-refractivity contribution in [1.82, 2.24) is 0 Å². The first kappa shape index (κ1) is 27.5. The minimum atomic E-state index is -0.831. The van der Waals surface area contributed by atoms with Crippen LogP contribution in [-0.4, -0.2) is 43.3 Å². The second-order valence-electron chi connectivity index (χ2n) is 9.88. The van der Waals surface area contributed by atoms with E-state index < -0.39 is 36.2 Å². The molecule has 1 saturated heterocycles. The maximum Gasteiger partial charge on any atom is 0.343 e. The summed E-state index contributed by atoms with van der Waals surface area (Å²) in [5.41, 5.74) is 1.77. The molecule has 1 heterocycles. The monoisotopic (exact) mass is 553 g/mol. The highest BCUT2D eigenvalue weighted by atomic mass is 16.5. The third-order valence-electron chi connectivity index (χ3n) is 7.21. The number of imide groups is 1. The largest absolute Gasteiger partial charge is 0.497 e. The molecule has 208 valence electrons. The smallest absolute Gasteiger partial charge is 0.343 e. The summed E-state index contributed by atoms with van der Waals surface area (Å²) in [6.45, 7) is 1.37. The van der Waals surface area contributed by atoms with Crippen LogP contribution in [0.1, 0.15) is 50.8 Å². The van der Waals surface area contributed by atoms with Crippen molar-refractivity contribution in [1.29, 1.82) is 0 Å². The van der Waals surface area contributed by atoms with E-state index in [9.17, 15) is 24.0 Å². The van der Waals surface area contributed by atoms with Gasteiger partial charge in [-0.05, 0) is 74.4 Å². The van der Waals surface area contributed by atoms with Crippen molar-refractivity contribution < 1.29 is 38.2 Å². The summed E-state index contributed by atoms with van der Waals surface area (Å²) in [6, 6.07) is 18.6. The summed E-state index contributed by atoms with van der Waals surface area (Å²) in [5.74, 6) is -2.73. The van der Waals surface area contributed by atoms with Crippen molar-refractivity contribution in [3.05, 3.63) is 101 Å². The van der Waals surface area contributed by atoms with E-state index in [1.54, 1.807) is 36.4 Å². The molecule has 2 amide bonds. The van der Waals surface area contributed by atoms with Crippen LogP contribution in [0.3, 0.4) is 0 Å². The van der Waals surface area contributed by atoms with E-state index in [0.29, 0.717) is 24.2 Å². The average molecular weight is 554 g/mol. The molecule has 1 aliphatic heterocycles. The number of Topliss-reactive ketones (excluding diaryl/α,β-unsaturated/α-hetero) is 1. The number of benzene rings is 3. The normalized spacial score (nSPS) is 17.9. The fourth-order valence-electron chi connectivity index (χ4n) is 5.03. The molecule has 9 heteroatoms. The van der Waals surface area contributed by atoms with Crippen LogP contribution in [0, 0.1) is 11.8 Å². The second kappa shape index (κ2) is 11.6. The molecule has 2 aliphatic rings. The molecule has 0 bridgehead atoms. The predicted octanol–water partition coefficient (Wildman–Crippen LogP) is 4.80. The molecule has 41 heavy (non-hydrogen) atoms. The van der Waals surface area contributed by atoms with Gasteiger partial charge in [-0.1, -0.05) is 29.8 Å². The maximum atomic E-state index is 13.2. The number of nitrogens with zero attached hydrogens (tertiary/aromatic N) is 1. The van der Waals surface area contributed by atoms with Gasteiger partial charge in [0.1, 0.15) is 11.5 Å². The maximum absolute atomic E-state index is 13.2. The second-order valence-corrected chi connectivity index (χ2v) is 9.88. The predicted molar refractivity (Wildman–Crippen MR) is 148 cm³/mol. The molecule has 9 nitrogen and oxygen atoms in total. The number of fused-ring (bicyclic) bond motifs is 1. The van der Waals surface area contributed by atoms with Crippen molar-refractivity contribution >= 4 is 35.2 Å². The molecule has 5 rings (SSSR count). The molecule has 0 saturated carbocycles. The third kappa shape index (κ3) is 5.65. The molecule has 2 atom stereocenters. The van der Waals surface area contributed by atoms with E-state index in [2.05, 4.69) is 0 Å². The molecule has 3 aromatic rings. The first-order valence-electron chi connectivity index (χ1n) is 13.1. The number of methoxy groups -OCH3 is 1. The fourth-order valence-corrected chi connectivity index (χ4v) is 5.03. The van der Waals surface area contributed by atoms with Crippen molar-refractivity contribution in [2.45, 2.75) is 19.8 Å². The van der Waals surface area contributed by atoms with Crippen LogP contribution in [0.2, 0.25) is 0 Å². The van der Waals surface area contributed by atoms with Crippen LogP contribution in [0.4, 0.5) is 5.69 Å². The Morgan fingerprint density at radius 1 is 0.829 bits per heavy atom. The van der Waals surface area contributed by atoms with Crippen molar-refractivity contribution in [3.63, 3.8) is 0 Å². The van der Waals surface area contributed by atoms with Crippen LogP contribution in [0.25, 0.3) is 0 Å². The quantitative estimate of drug-likeness (QED) is 0.128. The minimum Gasteiger partial charge on any atom is -0.497 e. The summed E-state index contributed by atoms with van der Waals surface area (Å²) in [7, 11) is 1.50. The number of ketones is 1. The number of hydrogen-bond acceptors (Lipinski definition) is 8. The molecular weight excluding hydrogens is 526 g/mol. The Labute approximate surface area is 236 Å². The fraction of sp³-hybridized carbons (Fsp3) is 0.219. The molecule has 2 unspecified atom stereocenters. The highest BCUT2D eigenvalue weighted by Gasteiger charge is 2.49. The van der Waals surface area contributed by atoms with Gasteiger partial charge in [0.25, 0.3) is 0 Å². The average Bonchev–Trinajstić information content (AvgIpc) is 3.24. The van der Waals surface area contributed by atoms with E-state index in [4.69, 9.17) is 14.2 Å². The number of allylic oxidation sites excluding steroid dienone is 2. The highest BCUT2D eigenvalue weighted by Crippen LogP contribution is 2.40. The lowest BCUT2D eigenvalue weighted by Crippen LogP contribution is -2.32. The lowest BCUT2D eigenvalue weighted by atomic mass is 9.82. The number of para-hydroxylation sites is 1. The summed E-state index contributed by atoms with van der Waals surface area (Å²) >= 11 is 0. The number of carbonyl (C=O) groups excluding carboxylic acids is 5. The summed E-state index contributed by atoms with van der Waals surface area (Å²) in [6.07, 6.45) is 2.96. The van der Waals surface area contributed by atoms with Gasteiger partial charge in [0.05, 0.1) is 35.8 Å². The Hall–Kier alpha value is -5.05. The standard InChI is InChI=1S/C32H27NO8/c1-19-10-15-24-26(16-19)30(36)33(29(24)35)27-9-4-3-8-25(27)32(38)40-18-28(34)20-11-13-22(14-12-20)41-31(37)21-6-5-7-23(17-21)39-2/h3-14,17,24,26H,15-16,18H2,1-2H3. The summed E-state index contributed by atoms with van der Waals surface area (Å²) < 4.78 is 15.8. The van der Waals surface area contributed by atoms with Gasteiger partial charge in [-0.2, -0.15) is 0 Å². The molecule has 1 fully saturated rings. The molecule has 0 N–H and O–H groups in total. The lowest BCUT2D eigenvalue weighted by molar-refractivity contribution is -0.122. The first-order chi connectivity index (χ1) is 19.8. The number of anilines is 1. The van der Waals surface area contributed by atoms with Gasteiger partial charge in [0, 0.05) is 5.56 Å². The van der Waals surface area contributed by atoms with E-state index in [1.165, 1.54) is 43.5 Å². The number of rotatable bonds is 8. The van der Waals surface area contributed by atoms with Crippen LogP contribution >= 0.6 is 0 Å². The summed E-state index contributed by atoms with van der Waals surface area (Å²) in [4.78, 5) is 65.5. The van der Waals surface area contributed by atoms with E-state index in [1.807, 2.05) is 13.0 Å². The van der Waals surface area contributed by atoms with Crippen molar-refractivity contribution in [3.8, 4) is 11.5 Å². The molecule has 3 aromatic carbocycles. The zero-order valence-corrected chi connectivity index (χ0v) is 22.5. The Balaban J connectivity index is 1.22. The van der Waals surface area contributed by atoms with E-state index in [0.717, 1.165) is 10.5 Å². The van der Waals surface area contributed by atoms with Crippen LogP contribution in [0.5, 0.6) is 11.5 Å². The molecular formula is C32H27NO8. The van der Waals surface area contributed by atoms with E-state index in [-0.39, 0.29) is 34.4 Å². The lowest BCUT2D eigenvalue weighted by Gasteiger charge is -2.19. The molecule has 0 spiro atoms. The number of esters is 2. The molecule has 0 aromatic heterocycles. The van der Waals surface area contributed by atoms with Gasteiger partial charge in [-0.3, -0.25) is 14.4 Å². The Kier molecular flexibility index (Phi) is 7.78. The van der Waals surface area contributed by atoms with Gasteiger partial charge >= 0.3 is 11.9 Å². The highest BCUT2D eigenvalue weighted by molar-refractivity contribution is 6.24. The van der Waals surface area contributed by atoms with Crippen molar-refractivity contribution in [2.24, 2.45) is 11.8 Å².